The first-order chi connectivity index (χ1) is 10.1. The molecule has 1 aromatic carbocycles. The standard InChI is InChI=1S/C15H17N3O3/c1-2-11-9-12(18-17-11)14(19)16-13(15(20)21)8-10-6-4-3-5-7-10/h3-7,9,13H,2,8H2,1H3,(H,16,19)(H,17,18)(H,20,21)/t13-/m0/s1. The van der Waals surface area contributed by atoms with E-state index in [1.165, 1.54) is 0 Å². The number of nitrogens with zero attached hydrogens (tertiary/aromatic N) is 1. The van der Waals surface area contributed by atoms with Crippen LogP contribution in [-0.2, 0) is 17.6 Å². The number of H-pyrrole nitrogens is 1. The molecule has 0 aliphatic heterocycles. The van der Waals surface area contributed by atoms with Crippen LogP contribution < -0.4 is 5.32 Å². The van der Waals surface area contributed by atoms with Crippen molar-refractivity contribution in [1.82, 2.24) is 15.5 Å². The number of rotatable bonds is 6. The zero-order valence-electron chi connectivity index (χ0n) is 11.7. The molecule has 0 spiro atoms. The molecule has 0 aliphatic rings. The maximum Gasteiger partial charge on any atom is 0.326 e. The van der Waals surface area contributed by atoms with Gasteiger partial charge in [0, 0.05) is 12.1 Å². The lowest BCUT2D eigenvalue weighted by Crippen LogP contribution is -2.42. The highest BCUT2D eigenvalue weighted by Gasteiger charge is 2.22. The summed E-state index contributed by atoms with van der Waals surface area (Å²) in [4.78, 5) is 23.3. The van der Waals surface area contributed by atoms with Crippen molar-refractivity contribution in [2.24, 2.45) is 0 Å². The van der Waals surface area contributed by atoms with Crippen molar-refractivity contribution in [3.63, 3.8) is 0 Å². The summed E-state index contributed by atoms with van der Waals surface area (Å²) in [5.41, 5.74) is 1.88. The molecule has 6 heteroatoms. The van der Waals surface area contributed by atoms with E-state index in [-0.39, 0.29) is 12.1 Å². The second-order valence-corrected chi connectivity index (χ2v) is 4.69. The minimum Gasteiger partial charge on any atom is -0.480 e. The Labute approximate surface area is 122 Å². The van der Waals surface area contributed by atoms with Crippen LogP contribution in [0.25, 0.3) is 0 Å². The minimum atomic E-state index is -1.07. The van der Waals surface area contributed by atoms with Gasteiger partial charge in [-0.1, -0.05) is 37.3 Å². The van der Waals surface area contributed by atoms with Crippen molar-refractivity contribution in [3.8, 4) is 0 Å². The smallest absolute Gasteiger partial charge is 0.326 e. The summed E-state index contributed by atoms with van der Waals surface area (Å²) in [5.74, 6) is -1.56. The molecule has 1 heterocycles. The van der Waals surface area contributed by atoms with Gasteiger partial charge in [-0.2, -0.15) is 5.10 Å². The Morgan fingerprint density at radius 2 is 2.05 bits per heavy atom. The molecule has 2 aromatic rings. The Bertz CT molecular complexity index is 622. The number of amides is 1. The van der Waals surface area contributed by atoms with E-state index >= 15 is 0 Å². The van der Waals surface area contributed by atoms with Crippen LogP contribution in [0.2, 0.25) is 0 Å². The van der Waals surface area contributed by atoms with Crippen LogP contribution in [0.15, 0.2) is 36.4 Å². The van der Waals surface area contributed by atoms with Crippen molar-refractivity contribution in [1.29, 1.82) is 0 Å². The average Bonchev–Trinajstić information content (AvgIpc) is 2.96. The largest absolute Gasteiger partial charge is 0.480 e. The van der Waals surface area contributed by atoms with Crippen LogP contribution in [0.1, 0.15) is 28.7 Å². The second kappa shape index (κ2) is 6.69. The minimum absolute atomic E-state index is 0.200. The summed E-state index contributed by atoms with van der Waals surface area (Å²) < 4.78 is 0. The molecule has 0 saturated carbocycles. The quantitative estimate of drug-likeness (QED) is 0.748. The predicted molar refractivity (Wildman–Crippen MR) is 77.0 cm³/mol. The lowest BCUT2D eigenvalue weighted by Gasteiger charge is -2.13. The molecule has 21 heavy (non-hydrogen) atoms. The van der Waals surface area contributed by atoms with E-state index in [9.17, 15) is 14.7 Å². The molecule has 0 radical (unpaired) electrons. The Morgan fingerprint density at radius 1 is 1.33 bits per heavy atom. The molecular weight excluding hydrogens is 270 g/mol. The molecule has 110 valence electrons. The number of carbonyl (C=O) groups is 2. The van der Waals surface area contributed by atoms with E-state index in [1.54, 1.807) is 6.07 Å². The first-order valence-corrected chi connectivity index (χ1v) is 6.72. The third-order valence-electron chi connectivity index (χ3n) is 3.13. The molecule has 1 atom stereocenters. The fourth-order valence-electron chi connectivity index (χ4n) is 1.94. The zero-order valence-corrected chi connectivity index (χ0v) is 11.7. The molecule has 0 saturated heterocycles. The molecule has 0 aliphatic carbocycles. The van der Waals surface area contributed by atoms with Crippen LogP contribution in [-0.4, -0.2) is 33.2 Å². The van der Waals surface area contributed by atoms with Crippen LogP contribution in [0.3, 0.4) is 0 Å². The Kier molecular flexibility index (Phi) is 4.71. The van der Waals surface area contributed by atoms with Gasteiger partial charge in [-0.15, -0.1) is 0 Å². The summed E-state index contributed by atoms with van der Waals surface area (Å²) in [7, 11) is 0. The SMILES string of the molecule is CCc1cc(C(=O)N[C@@H](Cc2ccccc2)C(=O)O)n[nH]1. The van der Waals surface area contributed by atoms with Gasteiger partial charge in [-0.05, 0) is 18.1 Å². The number of hydrogen-bond donors (Lipinski definition) is 3. The predicted octanol–water partition coefficient (Wildman–Crippen LogP) is 1.40. The molecule has 1 amide bonds. The lowest BCUT2D eigenvalue weighted by molar-refractivity contribution is -0.139. The number of benzene rings is 1. The van der Waals surface area contributed by atoms with Gasteiger partial charge in [0.2, 0.25) is 0 Å². The third kappa shape index (κ3) is 3.92. The first-order valence-electron chi connectivity index (χ1n) is 6.72. The summed E-state index contributed by atoms with van der Waals surface area (Å²) >= 11 is 0. The average molecular weight is 287 g/mol. The fourth-order valence-corrected chi connectivity index (χ4v) is 1.94. The molecule has 2 rings (SSSR count). The number of hydrogen-bond acceptors (Lipinski definition) is 3. The van der Waals surface area contributed by atoms with Crippen LogP contribution in [0, 0.1) is 0 Å². The van der Waals surface area contributed by atoms with Crippen molar-refractivity contribution < 1.29 is 14.7 Å². The van der Waals surface area contributed by atoms with Crippen LogP contribution in [0.5, 0.6) is 0 Å². The van der Waals surface area contributed by atoms with Gasteiger partial charge in [0.15, 0.2) is 0 Å². The van der Waals surface area contributed by atoms with E-state index in [0.717, 1.165) is 17.7 Å². The van der Waals surface area contributed by atoms with Gasteiger partial charge in [0.05, 0.1) is 0 Å². The van der Waals surface area contributed by atoms with Crippen molar-refractivity contribution in [3.05, 3.63) is 53.3 Å². The fraction of sp³-hybridized carbons (Fsp3) is 0.267. The van der Waals surface area contributed by atoms with Crippen molar-refractivity contribution in [2.75, 3.05) is 0 Å². The van der Waals surface area contributed by atoms with Crippen LogP contribution in [0.4, 0.5) is 0 Å². The van der Waals surface area contributed by atoms with Gasteiger partial charge in [0.25, 0.3) is 5.91 Å². The number of aromatic nitrogens is 2. The summed E-state index contributed by atoms with van der Waals surface area (Å²) in [6.45, 7) is 1.94. The highest BCUT2D eigenvalue weighted by Crippen LogP contribution is 2.05. The third-order valence-corrected chi connectivity index (χ3v) is 3.13. The van der Waals surface area contributed by atoms with Gasteiger partial charge in [-0.3, -0.25) is 9.89 Å². The van der Waals surface area contributed by atoms with Gasteiger partial charge >= 0.3 is 5.97 Å². The highest BCUT2D eigenvalue weighted by molar-refractivity contribution is 5.95. The molecular formula is C15H17N3O3. The van der Waals surface area contributed by atoms with E-state index in [2.05, 4.69) is 15.5 Å². The molecule has 3 N–H and O–H groups in total. The first kappa shape index (κ1) is 14.8. The number of aromatic amines is 1. The zero-order chi connectivity index (χ0) is 15.2. The van der Waals surface area contributed by atoms with E-state index in [4.69, 9.17) is 0 Å². The number of carboxylic acids is 1. The second-order valence-electron chi connectivity index (χ2n) is 4.69. The van der Waals surface area contributed by atoms with Gasteiger partial charge in [0.1, 0.15) is 11.7 Å². The van der Waals surface area contributed by atoms with Crippen molar-refractivity contribution in [2.45, 2.75) is 25.8 Å². The molecule has 1 aromatic heterocycles. The Hall–Kier alpha value is -2.63. The van der Waals surface area contributed by atoms with Crippen LogP contribution >= 0.6 is 0 Å². The summed E-state index contributed by atoms with van der Waals surface area (Å²) in [5, 5.41) is 18.3. The van der Waals surface area contributed by atoms with E-state index in [0.29, 0.717) is 0 Å². The molecule has 6 nitrogen and oxygen atoms in total. The number of nitrogens with one attached hydrogen (secondary N) is 2. The maximum atomic E-state index is 12.0. The van der Waals surface area contributed by atoms with E-state index in [1.807, 2.05) is 37.3 Å². The number of carboxylic acid groups (broad SMARTS) is 1. The number of aryl methyl sites for hydroxylation is 1. The van der Waals surface area contributed by atoms with Crippen molar-refractivity contribution >= 4 is 11.9 Å². The molecule has 0 fully saturated rings. The van der Waals surface area contributed by atoms with E-state index < -0.39 is 17.9 Å². The van der Waals surface area contributed by atoms with Gasteiger partial charge < -0.3 is 10.4 Å². The molecule has 0 bridgehead atoms. The lowest BCUT2D eigenvalue weighted by atomic mass is 10.1. The number of carbonyl (C=O) groups excluding carboxylic acids is 1. The Morgan fingerprint density at radius 3 is 2.62 bits per heavy atom. The summed E-state index contributed by atoms with van der Waals surface area (Å²) in [6, 6.07) is 9.80. The highest BCUT2D eigenvalue weighted by atomic mass is 16.4. The monoisotopic (exact) mass is 287 g/mol. The maximum absolute atomic E-state index is 12.0. The Balaban J connectivity index is 2.05. The normalized spacial score (nSPS) is 11.9. The molecule has 0 unspecified atom stereocenters. The van der Waals surface area contributed by atoms with Gasteiger partial charge in [-0.25, -0.2) is 4.79 Å². The summed E-state index contributed by atoms with van der Waals surface area (Å²) in [6.07, 6.45) is 0.958. The topological polar surface area (TPSA) is 95.1 Å². The number of aliphatic carboxylic acids is 1.